The van der Waals surface area contributed by atoms with Crippen molar-refractivity contribution in [2.45, 2.75) is 19.4 Å². The summed E-state index contributed by atoms with van der Waals surface area (Å²) in [5, 5.41) is 4.90. The molecule has 0 atom stereocenters. The fourth-order valence-corrected chi connectivity index (χ4v) is 2.32. The number of hydrogen-bond acceptors (Lipinski definition) is 2. The van der Waals surface area contributed by atoms with E-state index in [0.717, 1.165) is 12.0 Å². The van der Waals surface area contributed by atoms with E-state index in [4.69, 9.17) is 0 Å². The highest BCUT2D eigenvalue weighted by molar-refractivity contribution is 5.95. The van der Waals surface area contributed by atoms with Crippen molar-refractivity contribution in [3.8, 4) is 0 Å². The van der Waals surface area contributed by atoms with Crippen LogP contribution in [0.15, 0.2) is 72.0 Å². The standard InChI is InChI=1S/C18H17N3O/c1-14-6-5-7-15(12-14)18(22)20-16-10-11-21(19-13-16)17-8-3-2-4-9-17/h3-13,17H,2H2,1H3. The third kappa shape index (κ3) is 3.28. The first-order valence-electron chi connectivity index (χ1n) is 7.26. The number of aromatic nitrogens is 2. The Labute approximate surface area is 129 Å². The summed E-state index contributed by atoms with van der Waals surface area (Å²) in [4.78, 5) is 16.2. The molecule has 1 amide bonds. The Bertz CT molecular complexity index is 783. The van der Waals surface area contributed by atoms with Crippen LogP contribution in [0.1, 0.15) is 28.4 Å². The van der Waals surface area contributed by atoms with E-state index in [-0.39, 0.29) is 11.9 Å². The van der Waals surface area contributed by atoms with Gasteiger partial charge in [-0.15, -0.1) is 0 Å². The molecule has 0 fully saturated rings. The summed E-state index contributed by atoms with van der Waals surface area (Å²) in [5.74, 6) is -0.249. The average molecular weight is 291 g/mol. The zero-order chi connectivity index (χ0) is 15.4. The minimum Gasteiger partial charge on any atom is -0.267 e. The van der Waals surface area contributed by atoms with Crippen molar-refractivity contribution in [2.24, 2.45) is 4.99 Å². The number of allylic oxidation sites excluding steroid dienone is 4. The number of hydrogen-bond donors (Lipinski definition) is 0. The van der Waals surface area contributed by atoms with Gasteiger partial charge in [-0.2, -0.15) is 5.10 Å². The van der Waals surface area contributed by atoms with Gasteiger partial charge in [-0.3, -0.25) is 9.48 Å². The number of carbonyl (C=O) groups excluding carboxylic acids is 1. The molecule has 0 N–H and O–H groups in total. The lowest BCUT2D eigenvalue weighted by Crippen LogP contribution is -2.15. The predicted octanol–water partition coefficient (Wildman–Crippen LogP) is 2.99. The van der Waals surface area contributed by atoms with Crippen molar-refractivity contribution < 1.29 is 4.79 Å². The second-order valence-corrected chi connectivity index (χ2v) is 5.23. The minimum absolute atomic E-state index is 0.135. The molecule has 1 heterocycles. The van der Waals surface area contributed by atoms with Crippen LogP contribution in [0.3, 0.4) is 0 Å². The Kier molecular flexibility index (Phi) is 4.10. The SMILES string of the molecule is Cc1cccc(C(=O)N=c2ccn(C3C=CCC=C3)nc2)c1. The highest BCUT2D eigenvalue weighted by Gasteiger charge is 2.05. The molecule has 22 heavy (non-hydrogen) atoms. The third-order valence-electron chi connectivity index (χ3n) is 3.46. The molecule has 1 aromatic carbocycles. The molecule has 2 aromatic rings. The maximum Gasteiger partial charge on any atom is 0.277 e. The highest BCUT2D eigenvalue weighted by Crippen LogP contribution is 2.13. The lowest BCUT2D eigenvalue weighted by Gasteiger charge is -2.13. The quantitative estimate of drug-likeness (QED) is 0.799. The van der Waals surface area contributed by atoms with Crippen molar-refractivity contribution >= 4 is 5.91 Å². The maximum absolute atomic E-state index is 12.1. The molecule has 0 unspecified atom stereocenters. The molecule has 3 rings (SSSR count). The summed E-state index contributed by atoms with van der Waals surface area (Å²) in [6.07, 6.45) is 12.8. The maximum atomic E-state index is 12.1. The third-order valence-corrected chi connectivity index (χ3v) is 3.46. The van der Waals surface area contributed by atoms with Crippen LogP contribution >= 0.6 is 0 Å². The molecular weight excluding hydrogens is 274 g/mol. The Balaban J connectivity index is 1.83. The first-order valence-corrected chi connectivity index (χ1v) is 7.26. The molecule has 0 bridgehead atoms. The van der Waals surface area contributed by atoms with Crippen molar-refractivity contribution in [3.05, 3.63) is 83.5 Å². The molecule has 0 saturated heterocycles. The Morgan fingerprint density at radius 3 is 2.77 bits per heavy atom. The van der Waals surface area contributed by atoms with Gasteiger partial charge in [-0.25, -0.2) is 4.99 Å². The van der Waals surface area contributed by atoms with E-state index in [1.165, 1.54) is 0 Å². The zero-order valence-corrected chi connectivity index (χ0v) is 12.4. The minimum atomic E-state index is -0.249. The molecule has 1 aliphatic rings. The summed E-state index contributed by atoms with van der Waals surface area (Å²) in [7, 11) is 0. The molecule has 0 spiro atoms. The van der Waals surface area contributed by atoms with E-state index in [0.29, 0.717) is 10.9 Å². The van der Waals surface area contributed by atoms with E-state index < -0.39 is 0 Å². The Morgan fingerprint density at radius 2 is 2.09 bits per heavy atom. The number of amides is 1. The Morgan fingerprint density at radius 1 is 1.27 bits per heavy atom. The fraction of sp³-hybridized carbons (Fsp3) is 0.167. The van der Waals surface area contributed by atoms with E-state index in [1.807, 2.05) is 36.0 Å². The summed E-state index contributed by atoms with van der Waals surface area (Å²) < 4.78 is 1.84. The van der Waals surface area contributed by atoms with Crippen LogP contribution in [0.4, 0.5) is 0 Å². The molecular formula is C18H17N3O. The van der Waals surface area contributed by atoms with Gasteiger partial charge in [0.15, 0.2) is 0 Å². The Hall–Kier alpha value is -2.75. The van der Waals surface area contributed by atoms with Gasteiger partial charge in [0, 0.05) is 11.8 Å². The van der Waals surface area contributed by atoms with Crippen molar-refractivity contribution in [2.75, 3.05) is 0 Å². The van der Waals surface area contributed by atoms with Gasteiger partial charge in [0.25, 0.3) is 5.91 Å². The topological polar surface area (TPSA) is 47.2 Å². The molecule has 4 heteroatoms. The lowest BCUT2D eigenvalue weighted by molar-refractivity contribution is 0.0998. The van der Waals surface area contributed by atoms with Crippen molar-refractivity contribution in [3.63, 3.8) is 0 Å². The first kappa shape index (κ1) is 14.2. The van der Waals surface area contributed by atoms with Crippen molar-refractivity contribution in [1.82, 2.24) is 9.78 Å². The van der Waals surface area contributed by atoms with E-state index in [1.54, 1.807) is 18.3 Å². The zero-order valence-electron chi connectivity index (χ0n) is 12.4. The second-order valence-electron chi connectivity index (χ2n) is 5.23. The molecule has 1 aromatic heterocycles. The van der Waals surface area contributed by atoms with Crippen LogP contribution in [0.5, 0.6) is 0 Å². The van der Waals surface area contributed by atoms with Gasteiger partial charge in [-0.1, -0.05) is 42.0 Å². The van der Waals surface area contributed by atoms with Gasteiger partial charge in [0.1, 0.15) is 0 Å². The number of aryl methyl sites for hydroxylation is 1. The second kappa shape index (κ2) is 6.35. The summed E-state index contributed by atoms with van der Waals surface area (Å²) >= 11 is 0. The largest absolute Gasteiger partial charge is 0.277 e. The van der Waals surface area contributed by atoms with Crippen LogP contribution in [-0.2, 0) is 0 Å². The van der Waals surface area contributed by atoms with Gasteiger partial charge in [-0.05, 0) is 31.5 Å². The fourth-order valence-electron chi connectivity index (χ4n) is 2.32. The number of carbonyl (C=O) groups is 1. The van der Waals surface area contributed by atoms with E-state index in [9.17, 15) is 4.79 Å². The first-order chi connectivity index (χ1) is 10.7. The van der Waals surface area contributed by atoms with Crippen LogP contribution in [-0.4, -0.2) is 15.7 Å². The average Bonchev–Trinajstić information content (AvgIpc) is 2.56. The van der Waals surface area contributed by atoms with Crippen LogP contribution in [0, 0.1) is 6.92 Å². The van der Waals surface area contributed by atoms with Gasteiger partial charge >= 0.3 is 0 Å². The normalized spacial score (nSPS) is 15.2. The smallest absolute Gasteiger partial charge is 0.267 e. The lowest BCUT2D eigenvalue weighted by atomic mass is 10.1. The van der Waals surface area contributed by atoms with E-state index in [2.05, 4.69) is 34.4 Å². The molecule has 0 aliphatic heterocycles. The molecule has 0 saturated carbocycles. The van der Waals surface area contributed by atoms with Crippen LogP contribution in [0.2, 0.25) is 0 Å². The predicted molar refractivity (Wildman–Crippen MR) is 85.2 cm³/mol. The van der Waals surface area contributed by atoms with Gasteiger partial charge in [0.2, 0.25) is 0 Å². The van der Waals surface area contributed by atoms with Gasteiger partial charge in [0.05, 0.1) is 17.6 Å². The van der Waals surface area contributed by atoms with Crippen molar-refractivity contribution in [1.29, 1.82) is 0 Å². The van der Waals surface area contributed by atoms with Crippen LogP contribution in [0.25, 0.3) is 0 Å². The molecule has 4 nitrogen and oxygen atoms in total. The number of nitrogens with zero attached hydrogens (tertiary/aromatic N) is 3. The molecule has 110 valence electrons. The van der Waals surface area contributed by atoms with E-state index >= 15 is 0 Å². The highest BCUT2D eigenvalue weighted by atomic mass is 16.1. The summed E-state index contributed by atoms with van der Waals surface area (Å²) in [6, 6.07) is 9.35. The summed E-state index contributed by atoms with van der Waals surface area (Å²) in [5.41, 5.74) is 1.64. The molecule has 1 aliphatic carbocycles. The number of rotatable bonds is 2. The molecule has 0 radical (unpaired) electrons. The summed E-state index contributed by atoms with van der Waals surface area (Å²) in [6.45, 7) is 1.95. The van der Waals surface area contributed by atoms with Gasteiger partial charge < -0.3 is 0 Å². The number of benzene rings is 1. The van der Waals surface area contributed by atoms with Crippen LogP contribution < -0.4 is 5.36 Å². The monoisotopic (exact) mass is 291 g/mol.